The number of hydrogen-bond acceptors (Lipinski definition) is 3. The second-order valence-electron chi connectivity index (χ2n) is 1.81. The summed E-state index contributed by atoms with van der Waals surface area (Å²) in [5.41, 5.74) is 0. The lowest BCUT2D eigenvalue weighted by atomic mass is 10.3. The Hall–Kier alpha value is -0.380. The quantitative estimate of drug-likeness (QED) is 0.518. The highest BCUT2D eigenvalue weighted by molar-refractivity contribution is 9.18. The average Bonchev–Trinajstić information content (AvgIpc) is 1.81. The molecule has 10 heavy (non-hydrogen) atoms. The summed E-state index contributed by atoms with van der Waals surface area (Å²) in [4.78, 5) is 20.9. The van der Waals surface area contributed by atoms with Gasteiger partial charge in [-0.3, -0.25) is 9.59 Å². The fourth-order valence-corrected chi connectivity index (χ4v) is 0.908. The summed E-state index contributed by atoms with van der Waals surface area (Å²) >= 11 is 2.71. The van der Waals surface area contributed by atoms with Gasteiger partial charge in [0, 0.05) is 6.92 Å². The van der Waals surface area contributed by atoms with Crippen LogP contribution in [0.1, 0.15) is 20.3 Å². The van der Waals surface area contributed by atoms with Crippen molar-refractivity contribution in [2.45, 2.75) is 26.4 Å². The number of rotatable bonds is 3. The molecular formula is C6H9BrO3. The first kappa shape index (κ1) is 9.62. The van der Waals surface area contributed by atoms with Crippen LogP contribution in [0.2, 0.25) is 0 Å². The summed E-state index contributed by atoms with van der Waals surface area (Å²) in [5.74, 6) is -0.431. The molecule has 0 spiro atoms. The normalized spacial score (nSPS) is 12.3. The zero-order valence-electron chi connectivity index (χ0n) is 5.89. The van der Waals surface area contributed by atoms with Gasteiger partial charge < -0.3 is 4.74 Å². The van der Waals surface area contributed by atoms with E-state index in [1.165, 1.54) is 6.92 Å². The summed E-state index contributed by atoms with van der Waals surface area (Å²) in [6.45, 7) is 3.05. The molecule has 1 unspecified atom stereocenters. The molecule has 0 aromatic carbocycles. The number of halogens is 1. The van der Waals surface area contributed by atoms with Gasteiger partial charge in [0.05, 0.1) is 0 Å². The zero-order chi connectivity index (χ0) is 8.15. The molecule has 0 aliphatic carbocycles. The van der Waals surface area contributed by atoms with Crippen LogP contribution < -0.4 is 0 Å². The molecule has 0 saturated carbocycles. The predicted octanol–water partition coefficient (Wildman–Crippen LogP) is 1.25. The van der Waals surface area contributed by atoms with Gasteiger partial charge in [-0.1, -0.05) is 6.92 Å². The Balaban J connectivity index is 3.83. The summed E-state index contributed by atoms with van der Waals surface area (Å²) in [6, 6.07) is 0. The Labute approximate surface area is 67.9 Å². The molecule has 58 valence electrons. The van der Waals surface area contributed by atoms with E-state index in [0.717, 1.165) is 0 Å². The maximum Gasteiger partial charge on any atom is 0.303 e. The van der Waals surface area contributed by atoms with Gasteiger partial charge in [0.25, 0.3) is 0 Å². The number of esters is 1. The molecule has 0 saturated heterocycles. The molecule has 1 atom stereocenters. The molecule has 0 N–H and O–H groups in total. The molecule has 0 amide bonds. The van der Waals surface area contributed by atoms with Crippen LogP contribution in [0.3, 0.4) is 0 Å². The summed E-state index contributed by atoms with van der Waals surface area (Å²) in [5, 5.41) is 0. The van der Waals surface area contributed by atoms with E-state index < -0.39 is 12.1 Å². The Bertz CT molecular complexity index is 144. The first-order chi connectivity index (χ1) is 4.57. The van der Waals surface area contributed by atoms with Gasteiger partial charge >= 0.3 is 5.97 Å². The van der Waals surface area contributed by atoms with E-state index in [9.17, 15) is 9.59 Å². The van der Waals surface area contributed by atoms with Gasteiger partial charge in [-0.05, 0) is 22.4 Å². The van der Waals surface area contributed by atoms with Crippen molar-refractivity contribution in [1.82, 2.24) is 0 Å². The number of ether oxygens (including phenoxy) is 1. The molecule has 0 aliphatic heterocycles. The maximum atomic E-state index is 10.5. The number of hydrogen-bond donors (Lipinski definition) is 0. The van der Waals surface area contributed by atoms with E-state index in [2.05, 4.69) is 20.7 Å². The van der Waals surface area contributed by atoms with Crippen LogP contribution in [0.4, 0.5) is 0 Å². The Morgan fingerprint density at radius 1 is 1.60 bits per heavy atom. The molecule has 0 bridgehead atoms. The SMILES string of the molecule is CCC(OC(C)=O)C(=O)Br. The molecular weight excluding hydrogens is 200 g/mol. The fourth-order valence-electron chi connectivity index (χ4n) is 0.490. The third-order valence-electron chi connectivity index (χ3n) is 0.932. The van der Waals surface area contributed by atoms with Crippen molar-refractivity contribution >= 4 is 26.6 Å². The van der Waals surface area contributed by atoms with Crippen molar-refractivity contribution in [3.63, 3.8) is 0 Å². The van der Waals surface area contributed by atoms with E-state index in [4.69, 9.17) is 0 Å². The lowest BCUT2D eigenvalue weighted by Crippen LogP contribution is -2.20. The van der Waals surface area contributed by atoms with Crippen molar-refractivity contribution in [2.24, 2.45) is 0 Å². The highest BCUT2D eigenvalue weighted by Gasteiger charge is 2.15. The molecule has 0 aliphatic rings. The topological polar surface area (TPSA) is 43.4 Å². The average molecular weight is 209 g/mol. The second kappa shape index (κ2) is 4.44. The van der Waals surface area contributed by atoms with Crippen molar-refractivity contribution in [3.05, 3.63) is 0 Å². The Kier molecular flexibility index (Phi) is 4.27. The Morgan fingerprint density at radius 2 is 2.10 bits per heavy atom. The molecule has 0 radical (unpaired) electrons. The van der Waals surface area contributed by atoms with Crippen LogP contribution in [-0.2, 0) is 14.3 Å². The second-order valence-corrected chi connectivity index (χ2v) is 2.59. The summed E-state index contributed by atoms with van der Waals surface area (Å²) in [6.07, 6.45) is -0.124. The van der Waals surface area contributed by atoms with Gasteiger partial charge in [-0.25, -0.2) is 0 Å². The van der Waals surface area contributed by atoms with Gasteiger partial charge in [-0.2, -0.15) is 0 Å². The van der Waals surface area contributed by atoms with Gasteiger partial charge in [-0.15, -0.1) is 0 Å². The molecule has 4 heteroatoms. The predicted molar refractivity (Wildman–Crippen MR) is 39.8 cm³/mol. The first-order valence-electron chi connectivity index (χ1n) is 2.94. The third-order valence-corrected chi connectivity index (χ3v) is 1.44. The van der Waals surface area contributed by atoms with E-state index in [-0.39, 0.29) is 4.69 Å². The number of carbonyl (C=O) groups excluding carboxylic acids is 2. The van der Waals surface area contributed by atoms with E-state index in [1.807, 2.05) is 0 Å². The van der Waals surface area contributed by atoms with Crippen LogP contribution >= 0.6 is 15.9 Å². The lowest BCUT2D eigenvalue weighted by molar-refractivity contribution is -0.150. The largest absolute Gasteiger partial charge is 0.454 e. The minimum absolute atomic E-state index is 0.287. The van der Waals surface area contributed by atoms with E-state index in [1.54, 1.807) is 6.92 Å². The van der Waals surface area contributed by atoms with Crippen LogP contribution in [-0.4, -0.2) is 16.8 Å². The highest BCUT2D eigenvalue weighted by atomic mass is 79.9. The van der Waals surface area contributed by atoms with Crippen molar-refractivity contribution in [1.29, 1.82) is 0 Å². The fraction of sp³-hybridized carbons (Fsp3) is 0.667. The molecule has 0 aromatic rings. The standard InChI is InChI=1S/C6H9BrO3/c1-3-5(6(7)9)10-4(2)8/h5H,3H2,1-2H3. The molecule has 0 heterocycles. The molecule has 0 rings (SSSR count). The third kappa shape index (κ3) is 3.61. The summed E-state index contributed by atoms with van der Waals surface area (Å²) < 4.78 is 4.34. The first-order valence-corrected chi connectivity index (χ1v) is 3.73. The van der Waals surface area contributed by atoms with Gasteiger partial charge in [0.2, 0.25) is 4.69 Å². The lowest BCUT2D eigenvalue weighted by Gasteiger charge is -2.08. The molecule has 0 fully saturated rings. The van der Waals surface area contributed by atoms with Crippen LogP contribution in [0.15, 0.2) is 0 Å². The highest BCUT2D eigenvalue weighted by Crippen LogP contribution is 2.04. The maximum absolute atomic E-state index is 10.5. The van der Waals surface area contributed by atoms with Crippen LogP contribution in [0, 0.1) is 0 Å². The summed E-state index contributed by atoms with van der Waals surface area (Å²) in [7, 11) is 0. The van der Waals surface area contributed by atoms with Crippen LogP contribution in [0.5, 0.6) is 0 Å². The van der Waals surface area contributed by atoms with Crippen molar-refractivity contribution in [3.8, 4) is 0 Å². The monoisotopic (exact) mass is 208 g/mol. The molecule has 0 aromatic heterocycles. The van der Waals surface area contributed by atoms with Gasteiger partial charge in [0.1, 0.15) is 0 Å². The minimum Gasteiger partial charge on any atom is -0.454 e. The van der Waals surface area contributed by atoms with Gasteiger partial charge in [0.15, 0.2) is 6.10 Å². The molecule has 3 nitrogen and oxygen atoms in total. The Morgan fingerprint density at radius 3 is 2.20 bits per heavy atom. The smallest absolute Gasteiger partial charge is 0.303 e. The van der Waals surface area contributed by atoms with E-state index in [0.29, 0.717) is 6.42 Å². The zero-order valence-corrected chi connectivity index (χ0v) is 7.47. The van der Waals surface area contributed by atoms with E-state index >= 15 is 0 Å². The van der Waals surface area contributed by atoms with Crippen molar-refractivity contribution in [2.75, 3.05) is 0 Å². The van der Waals surface area contributed by atoms with Crippen molar-refractivity contribution < 1.29 is 14.3 Å². The minimum atomic E-state index is -0.627. The number of carbonyl (C=O) groups is 2. The van der Waals surface area contributed by atoms with Crippen LogP contribution in [0.25, 0.3) is 0 Å².